The lowest BCUT2D eigenvalue weighted by Gasteiger charge is -2.55. The minimum absolute atomic E-state index is 0.167. The Morgan fingerprint density at radius 1 is 1.00 bits per heavy atom. The lowest BCUT2D eigenvalue weighted by molar-refractivity contribution is -0.147. The van der Waals surface area contributed by atoms with E-state index in [0.29, 0.717) is 0 Å². The van der Waals surface area contributed by atoms with Gasteiger partial charge >= 0.3 is 0 Å². The number of hydrogen-bond donors (Lipinski definition) is 1. The van der Waals surface area contributed by atoms with E-state index in [2.05, 4.69) is 89.4 Å². The standard InChI is InChI=1S/C30H36N4OS/c1-19-8-10-26(11-9-19)34-27(32-33-29(34)36-18-25-7-5-4-6-20(25)2)21(3)31-28(35)30-15-22-12-23(16-30)14-24(13-22)17-30/h4-11,21-24H,12-18H2,1-3H3,(H,31,35). The van der Waals surface area contributed by atoms with E-state index < -0.39 is 0 Å². The first-order chi connectivity index (χ1) is 17.4. The first kappa shape index (κ1) is 23.8. The molecule has 36 heavy (non-hydrogen) atoms. The Morgan fingerprint density at radius 3 is 2.28 bits per heavy atom. The summed E-state index contributed by atoms with van der Waals surface area (Å²) < 4.78 is 2.13. The minimum Gasteiger partial charge on any atom is -0.346 e. The van der Waals surface area contributed by atoms with Crippen LogP contribution >= 0.6 is 11.8 Å². The van der Waals surface area contributed by atoms with Gasteiger partial charge in [-0.05, 0) is 100 Å². The van der Waals surface area contributed by atoms with E-state index in [1.807, 2.05) is 0 Å². The number of benzene rings is 2. The second kappa shape index (κ2) is 9.37. The zero-order chi connectivity index (χ0) is 24.9. The monoisotopic (exact) mass is 500 g/mol. The molecule has 7 rings (SSSR count). The fraction of sp³-hybridized carbons (Fsp3) is 0.500. The summed E-state index contributed by atoms with van der Waals surface area (Å²) in [7, 11) is 0. The van der Waals surface area contributed by atoms with E-state index >= 15 is 0 Å². The highest BCUT2D eigenvalue weighted by Gasteiger charge is 2.54. The number of thioether (sulfide) groups is 1. The van der Waals surface area contributed by atoms with Crippen molar-refractivity contribution in [2.24, 2.45) is 23.2 Å². The van der Waals surface area contributed by atoms with Gasteiger partial charge in [0.25, 0.3) is 0 Å². The molecule has 1 atom stereocenters. The number of rotatable bonds is 7. The number of aromatic nitrogens is 3. The molecule has 4 saturated carbocycles. The lowest BCUT2D eigenvalue weighted by atomic mass is 9.49. The first-order valence-electron chi connectivity index (χ1n) is 13.4. The van der Waals surface area contributed by atoms with Crippen LogP contribution in [0.25, 0.3) is 5.69 Å². The average Bonchev–Trinajstić information content (AvgIpc) is 3.27. The van der Waals surface area contributed by atoms with Crippen LogP contribution in [0.15, 0.2) is 53.7 Å². The molecule has 1 amide bonds. The molecule has 1 unspecified atom stereocenters. The Kier molecular flexibility index (Phi) is 6.19. The second-order valence-corrected chi connectivity index (χ2v) is 12.6. The van der Waals surface area contributed by atoms with Crippen molar-refractivity contribution in [3.8, 4) is 5.69 Å². The van der Waals surface area contributed by atoms with Gasteiger partial charge in [-0.1, -0.05) is 53.7 Å². The smallest absolute Gasteiger partial charge is 0.226 e. The molecule has 3 aromatic rings. The summed E-state index contributed by atoms with van der Waals surface area (Å²) in [5.41, 5.74) is 4.66. The van der Waals surface area contributed by atoms with Crippen LogP contribution < -0.4 is 5.32 Å². The number of nitrogens with zero attached hydrogens (tertiary/aromatic N) is 3. The van der Waals surface area contributed by atoms with Crippen molar-refractivity contribution in [3.05, 3.63) is 71.0 Å². The minimum atomic E-state index is -0.216. The zero-order valence-electron chi connectivity index (χ0n) is 21.5. The highest BCUT2D eigenvalue weighted by molar-refractivity contribution is 7.98. The van der Waals surface area contributed by atoms with Gasteiger partial charge in [0.15, 0.2) is 11.0 Å². The molecule has 0 spiro atoms. The molecular weight excluding hydrogens is 464 g/mol. The predicted octanol–water partition coefficient (Wildman–Crippen LogP) is 6.57. The fourth-order valence-electron chi connectivity index (χ4n) is 7.31. The van der Waals surface area contributed by atoms with E-state index in [0.717, 1.165) is 59.4 Å². The molecule has 5 nitrogen and oxygen atoms in total. The van der Waals surface area contributed by atoms with Crippen LogP contribution in [0.2, 0.25) is 0 Å². The van der Waals surface area contributed by atoms with E-state index in [-0.39, 0.29) is 17.4 Å². The van der Waals surface area contributed by atoms with E-state index in [9.17, 15) is 4.79 Å². The maximum atomic E-state index is 13.8. The molecule has 0 radical (unpaired) electrons. The van der Waals surface area contributed by atoms with Crippen LogP contribution in [0.1, 0.15) is 74.0 Å². The quantitative estimate of drug-likeness (QED) is 0.373. The fourth-order valence-corrected chi connectivity index (χ4v) is 8.34. The molecule has 0 aliphatic heterocycles. The second-order valence-electron chi connectivity index (χ2n) is 11.6. The van der Waals surface area contributed by atoms with E-state index in [1.54, 1.807) is 11.8 Å². The summed E-state index contributed by atoms with van der Waals surface area (Å²) in [5, 5.41) is 13.5. The molecule has 1 aromatic heterocycles. The molecule has 4 aliphatic carbocycles. The molecule has 1 N–H and O–H groups in total. The summed E-state index contributed by atoms with van der Waals surface area (Å²) in [6.07, 6.45) is 7.22. The molecule has 4 bridgehead atoms. The van der Waals surface area contributed by atoms with Crippen molar-refractivity contribution in [3.63, 3.8) is 0 Å². The number of carbonyl (C=O) groups excluding carboxylic acids is 1. The van der Waals surface area contributed by atoms with Crippen molar-refractivity contribution in [2.45, 2.75) is 76.2 Å². The molecule has 188 valence electrons. The summed E-state index contributed by atoms with van der Waals surface area (Å²) in [5.74, 6) is 4.10. The number of aryl methyl sites for hydroxylation is 2. The third kappa shape index (κ3) is 4.38. The van der Waals surface area contributed by atoms with Gasteiger partial charge in [-0.15, -0.1) is 10.2 Å². The van der Waals surface area contributed by atoms with E-state index in [1.165, 1.54) is 36.0 Å². The Labute approximate surface area is 218 Å². The summed E-state index contributed by atoms with van der Waals surface area (Å²) in [4.78, 5) is 13.8. The predicted molar refractivity (Wildman–Crippen MR) is 144 cm³/mol. The van der Waals surface area contributed by atoms with Crippen LogP contribution in [-0.2, 0) is 10.5 Å². The van der Waals surface area contributed by atoms with Gasteiger partial charge in [0, 0.05) is 16.9 Å². The van der Waals surface area contributed by atoms with Crippen LogP contribution in [0.3, 0.4) is 0 Å². The number of carbonyl (C=O) groups is 1. The van der Waals surface area contributed by atoms with Gasteiger partial charge in [-0.2, -0.15) is 0 Å². The Balaban J connectivity index is 1.26. The third-order valence-corrected chi connectivity index (χ3v) is 9.80. The lowest BCUT2D eigenvalue weighted by Crippen LogP contribution is -2.54. The number of hydrogen-bond acceptors (Lipinski definition) is 4. The molecule has 4 aliphatic rings. The van der Waals surface area contributed by atoms with Gasteiger partial charge in [0.1, 0.15) is 0 Å². The van der Waals surface area contributed by atoms with Crippen molar-refractivity contribution in [1.82, 2.24) is 20.1 Å². The normalized spacial score (nSPS) is 27.2. The van der Waals surface area contributed by atoms with Gasteiger partial charge < -0.3 is 5.32 Å². The van der Waals surface area contributed by atoms with Crippen molar-refractivity contribution < 1.29 is 4.79 Å². The molecule has 2 aromatic carbocycles. The summed E-state index contributed by atoms with van der Waals surface area (Å²) >= 11 is 1.69. The molecule has 6 heteroatoms. The molecule has 1 heterocycles. The van der Waals surface area contributed by atoms with Crippen LogP contribution in [0.4, 0.5) is 0 Å². The van der Waals surface area contributed by atoms with Gasteiger partial charge in [0.2, 0.25) is 5.91 Å². The molecular formula is C30H36N4OS. The SMILES string of the molecule is Cc1ccc(-n2c(SCc3ccccc3C)nnc2C(C)NC(=O)C23CC4CC(CC(C4)C2)C3)cc1. The van der Waals surface area contributed by atoms with Crippen molar-refractivity contribution in [1.29, 1.82) is 0 Å². The average molecular weight is 501 g/mol. The van der Waals surface area contributed by atoms with E-state index in [4.69, 9.17) is 0 Å². The maximum Gasteiger partial charge on any atom is 0.226 e. The van der Waals surface area contributed by atoms with Crippen molar-refractivity contribution in [2.75, 3.05) is 0 Å². The van der Waals surface area contributed by atoms with Crippen LogP contribution in [0.5, 0.6) is 0 Å². The first-order valence-corrected chi connectivity index (χ1v) is 14.4. The highest BCUT2D eigenvalue weighted by atomic mass is 32.2. The summed E-state index contributed by atoms with van der Waals surface area (Å²) in [6, 6.07) is 16.7. The maximum absolute atomic E-state index is 13.8. The zero-order valence-corrected chi connectivity index (χ0v) is 22.4. The van der Waals surface area contributed by atoms with Crippen LogP contribution in [0, 0.1) is 37.0 Å². The largest absolute Gasteiger partial charge is 0.346 e. The van der Waals surface area contributed by atoms with Gasteiger partial charge in [0.05, 0.1) is 6.04 Å². The topological polar surface area (TPSA) is 59.8 Å². The third-order valence-electron chi connectivity index (χ3n) is 8.82. The van der Waals surface area contributed by atoms with Gasteiger partial charge in [-0.25, -0.2) is 0 Å². The Morgan fingerprint density at radius 2 is 1.64 bits per heavy atom. The molecule has 0 saturated heterocycles. The molecule has 4 fully saturated rings. The van der Waals surface area contributed by atoms with Crippen LogP contribution in [-0.4, -0.2) is 20.7 Å². The Bertz CT molecular complexity index is 1230. The number of nitrogens with one attached hydrogen (secondary N) is 1. The van der Waals surface area contributed by atoms with Crippen molar-refractivity contribution >= 4 is 17.7 Å². The van der Waals surface area contributed by atoms with Gasteiger partial charge in [-0.3, -0.25) is 9.36 Å². The summed E-state index contributed by atoms with van der Waals surface area (Å²) in [6.45, 7) is 6.30. The highest BCUT2D eigenvalue weighted by Crippen LogP contribution is 2.60. The number of amides is 1. The Hall–Kier alpha value is -2.60.